The summed E-state index contributed by atoms with van der Waals surface area (Å²) in [4.78, 5) is 29.5. The second-order valence-corrected chi connectivity index (χ2v) is 7.09. The normalized spacial score (nSPS) is 10.6. The number of amides is 1. The fraction of sp³-hybridized carbons (Fsp3) is 0.118. The van der Waals surface area contributed by atoms with Crippen LogP contribution in [0.3, 0.4) is 0 Å². The fourth-order valence-electron chi connectivity index (χ4n) is 2.22. The third-order valence-corrected chi connectivity index (χ3v) is 4.82. The molecule has 5 nitrogen and oxygen atoms in total. The maximum absolute atomic E-state index is 12.2. The predicted molar refractivity (Wildman–Crippen MR) is 99.3 cm³/mol. The van der Waals surface area contributed by atoms with E-state index >= 15 is 0 Å². The minimum Gasteiger partial charge on any atom is -0.324 e. The highest BCUT2D eigenvalue weighted by Crippen LogP contribution is 2.21. The molecule has 0 saturated heterocycles. The van der Waals surface area contributed by atoms with Crippen LogP contribution in [0.25, 0.3) is 10.6 Å². The number of aryl methyl sites for hydroxylation is 1. The third kappa shape index (κ3) is 3.80. The van der Waals surface area contributed by atoms with Crippen molar-refractivity contribution in [2.45, 2.75) is 13.5 Å². The summed E-state index contributed by atoms with van der Waals surface area (Å²) < 4.78 is 2.24. The van der Waals surface area contributed by atoms with Crippen LogP contribution in [0.15, 0.2) is 57.4 Å². The lowest BCUT2D eigenvalue weighted by molar-refractivity contribution is -0.116. The average Bonchev–Trinajstić information content (AvgIpc) is 3.06. The number of halogens is 1. The van der Waals surface area contributed by atoms with Gasteiger partial charge in [-0.05, 0) is 42.1 Å². The van der Waals surface area contributed by atoms with Crippen LogP contribution in [0.2, 0.25) is 0 Å². The van der Waals surface area contributed by atoms with Gasteiger partial charge in [-0.15, -0.1) is 11.3 Å². The van der Waals surface area contributed by atoms with Crippen molar-refractivity contribution in [1.29, 1.82) is 0 Å². The summed E-state index contributed by atoms with van der Waals surface area (Å²) in [7, 11) is 0. The smallest absolute Gasteiger partial charge is 0.254 e. The molecule has 122 valence electrons. The molecule has 24 heavy (non-hydrogen) atoms. The minimum absolute atomic E-state index is 0.0773. The van der Waals surface area contributed by atoms with Crippen molar-refractivity contribution in [2.24, 2.45) is 0 Å². The van der Waals surface area contributed by atoms with Crippen LogP contribution < -0.4 is 10.9 Å². The summed E-state index contributed by atoms with van der Waals surface area (Å²) in [5.74, 6) is -0.270. The Labute approximate surface area is 151 Å². The summed E-state index contributed by atoms with van der Waals surface area (Å²) in [6, 6.07) is 10.8. The topological polar surface area (TPSA) is 64.0 Å². The number of aromatic nitrogens is 2. The maximum atomic E-state index is 12.2. The molecule has 1 N–H and O–H groups in total. The first-order valence-corrected chi connectivity index (χ1v) is 8.86. The Hall–Kier alpha value is -2.25. The molecule has 1 aromatic carbocycles. The average molecular weight is 404 g/mol. The summed E-state index contributed by atoms with van der Waals surface area (Å²) in [5.41, 5.74) is 2.03. The number of benzene rings is 1. The highest BCUT2D eigenvalue weighted by atomic mass is 79.9. The second-order valence-electron chi connectivity index (χ2n) is 5.23. The number of rotatable bonds is 4. The molecule has 3 rings (SSSR count). The monoisotopic (exact) mass is 403 g/mol. The summed E-state index contributed by atoms with van der Waals surface area (Å²) in [5, 5.41) is 4.74. The number of nitrogens with zero attached hydrogens (tertiary/aromatic N) is 2. The Bertz CT molecular complexity index is 935. The molecule has 0 spiro atoms. The fourth-order valence-corrected chi connectivity index (χ4v) is 3.38. The van der Waals surface area contributed by atoms with E-state index in [0.717, 1.165) is 20.6 Å². The van der Waals surface area contributed by atoms with E-state index < -0.39 is 0 Å². The van der Waals surface area contributed by atoms with Crippen LogP contribution in [-0.4, -0.2) is 15.5 Å². The van der Waals surface area contributed by atoms with Gasteiger partial charge in [-0.25, -0.2) is 4.98 Å². The first-order chi connectivity index (χ1) is 11.5. The van der Waals surface area contributed by atoms with Gasteiger partial charge in [-0.1, -0.05) is 22.0 Å². The maximum Gasteiger partial charge on any atom is 0.254 e. The standard InChI is InChI=1S/C17H14BrN3O2S/c1-11-7-12(18)4-5-13(11)20-16(22)9-21-10-19-14(8-17(21)23)15-3-2-6-24-15/h2-8,10H,9H2,1H3,(H,20,22). The number of carbonyl (C=O) groups excluding carboxylic acids is 1. The first kappa shape index (κ1) is 16.6. The molecule has 0 aliphatic carbocycles. The number of carbonyl (C=O) groups is 1. The second kappa shape index (κ2) is 7.11. The van der Waals surface area contributed by atoms with Gasteiger partial charge in [-0.2, -0.15) is 0 Å². The molecule has 2 heterocycles. The minimum atomic E-state index is -0.270. The van der Waals surface area contributed by atoms with E-state index in [1.54, 1.807) is 0 Å². The van der Waals surface area contributed by atoms with E-state index in [-0.39, 0.29) is 18.0 Å². The molecule has 2 aromatic heterocycles. The lowest BCUT2D eigenvalue weighted by Crippen LogP contribution is -2.27. The van der Waals surface area contributed by atoms with E-state index in [1.165, 1.54) is 28.3 Å². The van der Waals surface area contributed by atoms with Gasteiger partial charge in [0.05, 0.1) is 16.9 Å². The summed E-state index contributed by atoms with van der Waals surface area (Å²) in [6.45, 7) is 1.83. The van der Waals surface area contributed by atoms with Crippen molar-refractivity contribution in [3.05, 3.63) is 68.5 Å². The Morgan fingerprint density at radius 3 is 2.83 bits per heavy atom. The zero-order chi connectivity index (χ0) is 17.1. The van der Waals surface area contributed by atoms with Crippen LogP contribution in [0, 0.1) is 6.92 Å². The molecule has 0 saturated carbocycles. The van der Waals surface area contributed by atoms with E-state index in [1.807, 2.05) is 42.6 Å². The number of hydrogen-bond donors (Lipinski definition) is 1. The Morgan fingerprint density at radius 2 is 2.17 bits per heavy atom. The van der Waals surface area contributed by atoms with E-state index in [0.29, 0.717) is 5.69 Å². The van der Waals surface area contributed by atoms with E-state index in [2.05, 4.69) is 26.2 Å². The van der Waals surface area contributed by atoms with Gasteiger partial charge in [0.2, 0.25) is 5.91 Å². The zero-order valence-corrected chi connectivity index (χ0v) is 15.2. The quantitative estimate of drug-likeness (QED) is 0.722. The first-order valence-electron chi connectivity index (χ1n) is 7.19. The predicted octanol–water partition coefficient (Wildman–Crippen LogP) is 3.68. The van der Waals surface area contributed by atoms with Gasteiger partial charge in [0, 0.05) is 16.2 Å². The number of thiophene rings is 1. The molecule has 0 atom stereocenters. The zero-order valence-electron chi connectivity index (χ0n) is 12.8. The van der Waals surface area contributed by atoms with Crippen molar-refractivity contribution in [3.8, 4) is 10.6 Å². The molecule has 0 fully saturated rings. The van der Waals surface area contributed by atoms with Crippen molar-refractivity contribution in [2.75, 3.05) is 5.32 Å². The highest BCUT2D eigenvalue weighted by molar-refractivity contribution is 9.10. The molecule has 7 heteroatoms. The molecule has 3 aromatic rings. The molecular weight excluding hydrogens is 390 g/mol. The van der Waals surface area contributed by atoms with Crippen LogP contribution in [0.4, 0.5) is 5.69 Å². The van der Waals surface area contributed by atoms with Crippen LogP contribution >= 0.6 is 27.3 Å². The highest BCUT2D eigenvalue weighted by Gasteiger charge is 2.09. The molecule has 0 bridgehead atoms. The van der Waals surface area contributed by atoms with Gasteiger partial charge in [0.25, 0.3) is 5.56 Å². The number of hydrogen-bond acceptors (Lipinski definition) is 4. The molecule has 1 amide bonds. The van der Waals surface area contributed by atoms with Crippen molar-refractivity contribution < 1.29 is 4.79 Å². The van der Waals surface area contributed by atoms with Crippen LogP contribution in [0.5, 0.6) is 0 Å². The Kier molecular flexibility index (Phi) is 4.92. The lowest BCUT2D eigenvalue weighted by Gasteiger charge is -2.10. The van der Waals surface area contributed by atoms with E-state index in [4.69, 9.17) is 0 Å². The Morgan fingerprint density at radius 1 is 1.33 bits per heavy atom. The van der Waals surface area contributed by atoms with Crippen molar-refractivity contribution >= 4 is 38.9 Å². The van der Waals surface area contributed by atoms with Gasteiger partial charge in [0.1, 0.15) is 6.54 Å². The summed E-state index contributed by atoms with van der Waals surface area (Å²) in [6.07, 6.45) is 1.41. The molecular formula is C17H14BrN3O2S. The van der Waals surface area contributed by atoms with Gasteiger partial charge in [0.15, 0.2) is 0 Å². The number of nitrogens with one attached hydrogen (secondary N) is 1. The molecule has 0 radical (unpaired) electrons. The third-order valence-electron chi connectivity index (χ3n) is 3.43. The molecule has 0 unspecified atom stereocenters. The van der Waals surface area contributed by atoms with Crippen molar-refractivity contribution in [1.82, 2.24) is 9.55 Å². The lowest BCUT2D eigenvalue weighted by atomic mass is 10.2. The van der Waals surface area contributed by atoms with Crippen LogP contribution in [0.1, 0.15) is 5.56 Å². The Balaban J connectivity index is 1.74. The van der Waals surface area contributed by atoms with Gasteiger partial charge >= 0.3 is 0 Å². The van der Waals surface area contributed by atoms with Crippen LogP contribution in [-0.2, 0) is 11.3 Å². The largest absolute Gasteiger partial charge is 0.324 e. The van der Waals surface area contributed by atoms with E-state index in [9.17, 15) is 9.59 Å². The molecule has 0 aliphatic heterocycles. The summed E-state index contributed by atoms with van der Waals surface area (Å²) >= 11 is 4.90. The van der Waals surface area contributed by atoms with Gasteiger partial charge < -0.3 is 5.32 Å². The SMILES string of the molecule is Cc1cc(Br)ccc1NC(=O)Cn1cnc(-c2cccs2)cc1=O. The van der Waals surface area contributed by atoms with Crippen molar-refractivity contribution in [3.63, 3.8) is 0 Å². The molecule has 0 aliphatic rings. The number of anilines is 1. The van der Waals surface area contributed by atoms with Gasteiger partial charge in [-0.3, -0.25) is 14.2 Å².